The molecule has 5 nitrogen and oxygen atoms in total. The molecule has 0 atom stereocenters. The van der Waals surface area contributed by atoms with Crippen LogP contribution in [0.4, 0.5) is 0 Å². The Kier molecular flexibility index (Phi) is 3.67. The minimum absolute atomic E-state index is 0.250. The van der Waals surface area contributed by atoms with Gasteiger partial charge in [0.25, 0.3) is 5.22 Å². The molecule has 23 heavy (non-hydrogen) atoms. The fourth-order valence-corrected chi connectivity index (χ4v) is 3.17. The van der Waals surface area contributed by atoms with Gasteiger partial charge in [0.15, 0.2) is 11.5 Å². The molecule has 0 amide bonds. The Morgan fingerprint density at radius 2 is 1.91 bits per heavy atom. The van der Waals surface area contributed by atoms with Gasteiger partial charge < -0.3 is 13.9 Å². The van der Waals surface area contributed by atoms with E-state index in [0.29, 0.717) is 16.9 Å². The minimum atomic E-state index is 0.250. The van der Waals surface area contributed by atoms with Crippen LogP contribution in [0.3, 0.4) is 0 Å². The summed E-state index contributed by atoms with van der Waals surface area (Å²) in [6.45, 7) is 2.35. The highest BCUT2D eigenvalue weighted by molar-refractivity contribution is 7.98. The predicted molar refractivity (Wildman–Crippen MR) is 86.6 cm³/mol. The maximum Gasteiger partial charge on any atom is 0.277 e. The van der Waals surface area contributed by atoms with E-state index >= 15 is 0 Å². The molecule has 0 saturated carbocycles. The highest BCUT2D eigenvalue weighted by Gasteiger charge is 2.16. The van der Waals surface area contributed by atoms with Crippen LogP contribution in [0.1, 0.15) is 11.1 Å². The zero-order chi connectivity index (χ0) is 15.6. The summed E-state index contributed by atoms with van der Waals surface area (Å²) in [5.41, 5.74) is 3.35. The number of fused-ring (bicyclic) bond motifs is 1. The van der Waals surface area contributed by atoms with Gasteiger partial charge in [-0.05, 0) is 36.2 Å². The van der Waals surface area contributed by atoms with Gasteiger partial charge in [0.1, 0.15) is 0 Å². The van der Waals surface area contributed by atoms with Crippen LogP contribution >= 0.6 is 11.8 Å². The molecule has 1 aliphatic heterocycles. The summed E-state index contributed by atoms with van der Waals surface area (Å²) in [6, 6.07) is 13.9. The Morgan fingerprint density at radius 1 is 1.04 bits per heavy atom. The van der Waals surface area contributed by atoms with Crippen LogP contribution in [0.5, 0.6) is 11.5 Å². The number of aryl methyl sites for hydroxylation is 1. The number of aromatic nitrogens is 2. The van der Waals surface area contributed by atoms with Crippen LogP contribution in [0.2, 0.25) is 0 Å². The zero-order valence-corrected chi connectivity index (χ0v) is 13.3. The van der Waals surface area contributed by atoms with E-state index in [9.17, 15) is 0 Å². The number of hydrogen-bond acceptors (Lipinski definition) is 6. The molecule has 0 N–H and O–H groups in total. The Labute approximate surface area is 137 Å². The Bertz CT molecular complexity index is 847. The first-order valence-corrected chi connectivity index (χ1v) is 8.19. The molecule has 2 aromatic carbocycles. The second-order valence-electron chi connectivity index (χ2n) is 5.16. The molecule has 0 saturated heterocycles. The molecule has 0 spiro atoms. The first-order chi connectivity index (χ1) is 11.3. The summed E-state index contributed by atoms with van der Waals surface area (Å²) < 4.78 is 16.4. The van der Waals surface area contributed by atoms with E-state index in [2.05, 4.69) is 29.3 Å². The van der Waals surface area contributed by atoms with Crippen LogP contribution in [-0.4, -0.2) is 17.0 Å². The molecule has 0 unspecified atom stereocenters. The minimum Gasteiger partial charge on any atom is -0.454 e. The van der Waals surface area contributed by atoms with Crippen molar-refractivity contribution < 1.29 is 13.9 Å². The Hall–Kier alpha value is -2.47. The average molecular weight is 326 g/mol. The molecule has 116 valence electrons. The maximum atomic E-state index is 5.74. The SMILES string of the molecule is Cc1ccccc1CSc1nnc(-c2ccc3c(c2)OCO3)o1. The molecule has 2 heterocycles. The van der Waals surface area contributed by atoms with Gasteiger partial charge in [0, 0.05) is 11.3 Å². The molecule has 0 bridgehead atoms. The van der Waals surface area contributed by atoms with Crippen molar-refractivity contribution in [2.45, 2.75) is 17.9 Å². The van der Waals surface area contributed by atoms with Crippen molar-refractivity contribution in [3.8, 4) is 23.0 Å². The van der Waals surface area contributed by atoms with Crippen molar-refractivity contribution in [2.75, 3.05) is 6.79 Å². The van der Waals surface area contributed by atoms with Crippen molar-refractivity contribution >= 4 is 11.8 Å². The fraction of sp³-hybridized carbons (Fsp3) is 0.176. The lowest BCUT2D eigenvalue weighted by molar-refractivity contribution is 0.174. The summed E-state index contributed by atoms with van der Waals surface area (Å²) in [5, 5.41) is 8.77. The largest absolute Gasteiger partial charge is 0.454 e. The summed E-state index contributed by atoms with van der Waals surface area (Å²) in [4.78, 5) is 0. The normalized spacial score (nSPS) is 12.6. The number of ether oxygens (including phenoxy) is 2. The quantitative estimate of drug-likeness (QED) is 0.674. The zero-order valence-electron chi connectivity index (χ0n) is 12.5. The molecule has 1 aromatic heterocycles. The summed E-state index contributed by atoms with van der Waals surface area (Å²) in [7, 11) is 0. The van der Waals surface area contributed by atoms with Crippen LogP contribution in [0.25, 0.3) is 11.5 Å². The third-order valence-corrected chi connectivity index (χ3v) is 4.51. The van der Waals surface area contributed by atoms with Crippen LogP contribution < -0.4 is 9.47 Å². The second kappa shape index (κ2) is 5.96. The van der Waals surface area contributed by atoms with Crippen molar-refractivity contribution in [1.29, 1.82) is 0 Å². The predicted octanol–water partition coefficient (Wildman–Crippen LogP) is 4.07. The third-order valence-electron chi connectivity index (χ3n) is 3.64. The van der Waals surface area contributed by atoms with Gasteiger partial charge in [-0.25, -0.2) is 0 Å². The average Bonchev–Trinajstić information content (AvgIpc) is 3.22. The van der Waals surface area contributed by atoms with Gasteiger partial charge in [-0.15, -0.1) is 10.2 Å². The molecular weight excluding hydrogens is 312 g/mol. The number of rotatable bonds is 4. The van der Waals surface area contributed by atoms with Gasteiger partial charge in [-0.1, -0.05) is 36.0 Å². The lowest BCUT2D eigenvalue weighted by Gasteiger charge is -2.02. The van der Waals surface area contributed by atoms with Crippen molar-refractivity contribution in [1.82, 2.24) is 10.2 Å². The molecule has 6 heteroatoms. The summed E-state index contributed by atoms with van der Waals surface area (Å²) in [5.74, 6) is 2.72. The van der Waals surface area contributed by atoms with Crippen molar-refractivity contribution in [3.63, 3.8) is 0 Å². The molecule has 3 aromatic rings. The molecular formula is C17H14N2O3S. The summed E-state index contributed by atoms with van der Waals surface area (Å²) in [6.07, 6.45) is 0. The van der Waals surface area contributed by atoms with E-state index in [0.717, 1.165) is 17.1 Å². The molecule has 0 aliphatic carbocycles. The Balaban J connectivity index is 1.50. The van der Waals surface area contributed by atoms with Gasteiger partial charge >= 0.3 is 0 Å². The molecule has 0 radical (unpaired) electrons. The Morgan fingerprint density at radius 3 is 2.83 bits per heavy atom. The van der Waals surface area contributed by atoms with Crippen LogP contribution in [-0.2, 0) is 5.75 Å². The van der Waals surface area contributed by atoms with Gasteiger partial charge in [0.2, 0.25) is 12.7 Å². The monoisotopic (exact) mass is 326 g/mol. The topological polar surface area (TPSA) is 57.4 Å². The lowest BCUT2D eigenvalue weighted by Crippen LogP contribution is -1.92. The molecule has 0 fully saturated rings. The lowest BCUT2D eigenvalue weighted by atomic mass is 10.1. The van der Waals surface area contributed by atoms with Crippen molar-refractivity contribution in [3.05, 3.63) is 53.6 Å². The van der Waals surface area contributed by atoms with Gasteiger partial charge in [0.05, 0.1) is 0 Å². The van der Waals surface area contributed by atoms with Gasteiger partial charge in [-0.3, -0.25) is 0 Å². The smallest absolute Gasteiger partial charge is 0.277 e. The van der Waals surface area contributed by atoms with Crippen LogP contribution in [0.15, 0.2) is 52.1 Å². The van der Waals surface area contributed by atoms with E-state index in [-0.39, 0.29) is 6.79 Å². The van der Waals surface area contributed by atoms with E-state index in [1.165, 1.54) is 22.9 Å². The number of thioether (sulfide) groups is 1. The highest BCUT2D eigenvalue weighted by atomic mass is 32.2. The number of benzene rings is 2. The number of nitrogens with zero attached hydrogens (tertiary/aromatic N) is 2. The van der Waals surface area contributed by atoms with E-state index in [1.807, 2.05) is 30.3 Å². The third kappa shape index (κ3) is 2.90. The standard InChI is InChI=1S/C17H14N2O3S/c1-11-4-2-3-5-13(11)9-23-17-19-18-16(22-17)12-6-7-14-15(8-12)21-10-20-14/h2-8H,9-10H2,1H3. The fourth-order valence-electron chi connectivity index (χ4n) is 2.33. The first-order valence-electron chi connectivity index (χ1n) is 7.20. The van der Waals surface area contributed by atoms with E-state index < -0.39 is 0 Å². The van der Waals surface area contributed by atoms with Gasteiger partial charge in [-0.2, -0.15) is 0 Å². The maximum absolute atomic E-state index is 5.74. The summed E-state index contributed by atoms with van der Waals surface area (Å²) >= 11 is 1.53. The molecule has 1 aliphatic rings. The number of hydrogen-bond donors (Lipinski definition) is 0. The van der Waals surface area contributed by atoms with E-state index in [4.69, 9.17) is 13.9 Å². The highest BCUT2D eigenvalue weighted by Crippen LogP contribution is 2.36. The second-order valence-corrected chi connectivity index (χ2v) is 6.08. The van der Waals surface area contributed by atoms with Crippen molar-refractivity contribution in [2.24, 2.45) is 0 Å². The van der Waals surface area contributed by atoms with E-state index in [1.54, 1.807) is 0 Å². The molecule has 4 rings (SSSR count). The van der Waals surface area contributed by atoms with Crippen LogP contribution in [0, 0.1) is 6.92 Å². The first kappa shape index (κ1) is 14.1.